The number of nitrogens with one attached hydrogen (secondary N) is 1. The van der Waals surface area contributed by atoms with Crippen LogP contribution in [0.2, 0.25) is 10.0 Å². The predicted octanol–water partition coefficient (Wildman–Crippen LogP) is 5.53. The van der Waals surface area contributed by atoms with Crippen molar-refractivity contribution in [3.8, 4) is 5.75 Å². The second-order valence-electron chi connectivity index (χ2n) is 9.29. The van der Waals surface area contributed by atoms with E-state index in [0.29, 0.717) is 32.7 Å². The number of halogens is 2. The van der Waals surface area contributed by atoms with Crippen LogP contribution in [0, 0.1) is 0 Å². The van der Waals surface area contributed by atoms with Crippen molar-refractivity contribution in [1.29, 1.82) is 0 Å². The van der Waals surface area contributed by atoms with Gasteiger partial charge in [-0.3, -0.25) is 9.69 Å². The average Bonchev–Trinajstić information content (AvgIpc) is 3.51. The summed E-state index contributed by atoms with van der Waals surface area (Å²) >= 11 is 14.0. The lowest BCUT2D eigenvalue weighted by Crippen LogP contribution is -2.56. The van der Waals surface area contributed by atoms with Crippen molar-refractivity contribution in [1.82, 2.24) is 10.2 Å². The summed E-state index contributed by atoms with van der Waals surface area (Å²) < 4.78 is 11.1. The first-order valence-corrected chi connectivity index (χ1v) is 14.3. The first kappa shape index (κ1) is 28.4. The molecule has 1 spiro atoms. The Morgan fingerprint density at radius 1 is 1.13 bits per heavy atom. The number of aliphatic carboxylic acids is 1. The maximum absolute atomic E-state index is 13.3. The summed E-state index contributed by atoms with van der Waals surface area (Å²) in [4.78, 5) is 39.2. The summed E-state index contributed by atoms with van der Waals surface area (Å²) in [7, 11) is 0. The van der Waals surface area contributed by atoms with E-state index in [9.17, 15) is 19.5 Å². The fourth-order valence-electron chi connectivity index (χ4n) is 4.91. The lowest BCUT2D eigenvalue weighted by Gasteiger charge is -2.36. The molecule has 0 radical (unpaired) electrons. The fourth-order valence-corrected chi connectivity index (χ4v) is 7.10. The molecule has 2 fully saturated rings. The third kappa shape index (κ3) is 6.33. The first-order chi connectivity index (χ1) is 18.2. The van der Waals surface area contributed by atoms with Gasteiger partial charge in [-0.05, 0) is 49.6 Å². The van der Waals surface area contributed by atoms with Crippen molar-refractivity contribution in [2.75, 3.05) is 12.4 Å². The van der Waals surface area contributed by atoms with E-state index in [1.807, 2.05) is 0 Å². The van der Waals surface area contributed by atoms with Gasteiger partial charge in [-0.25, -0.2) is 9.59 Å². The summed E-state index contributed by atoms with van der Waals surface area (Å²) in [6.07, 6.45) is 3.07. The van der Waals surface area contributed by atoms with Gasteiger partial charge in [0.05, 0.1) is 11.5 Å². The molecule has 0 bridgehead atoms. The van der Waals surface area contributed by atoms with Crippen LogP contribution in [0.25, 0.3) is 0 Å². The van der Waals surface area contributed by atoms with E-state index in [2.05, 4.69) is 5.32 Å². The molecule has 2 aromatic carbocycles. The van der Waals surface area contributed by atoms with Gasteiger partial charge in [-0.15, -0.1) is 11.8 Å². The Bertz CT molecular complexity index is 1150. The highest BCUT2D eigenvalue weighted by molar-refractivity contribution is 8.01. The summed E-state index contributed by atoms with van der Waals surface area (Å²) in [5, 5.41) is 13.5. The number of carboxylic acids is 1. The Hall–Kier alpha value is -2.62. The number of benzene rings is 2. The molecule has 1 aliphatic heterocycles. The summed E-state index contributed by atoms with van der Waals surface area (Å²) in [6.45, 7) is 2.11. The van der Waals surface area contributed by atoms with E-state index in [1.54, 1.807) is 66.1 Å². The van der Waals surface area contributed by atoms with Crippen LogP contribution in [0.4, 0.5) is 4.79 Å². The smallest absolute Gasteiger partial charge is 0.411 e. The monoisotopic (exact) mass is 580 g/mol. The van der Waals surface area contributed by atoms with E-state index in [-0.39, 0.29) is 19.6 Å². The number of amides is 2. The summed E-state index contributed by atoms with van der Waals surface area (Å²) in [6, 6.07) is 10.2. The lowest BCUT2D eigenvalue weighted by molar-refractivity contribution is -0.142. The van der Waals surface area contributed by atoms with Gasteiger partial charge in [-0.1, -0.05) is 54.2 Å². The van der Waals surface area contributed by atoms with Gasteiger partial charge in [0.1, 0.15) is 24.4 Å². The molecule has 8 nitrogen and oxygen atoms in total. The highest BCUT2D eigenvalue weighted by atomic mass is 35.5. The quantitative estimate of drug-likeness (QED) is 0.401. The Morgan fingerprint density at radius 2 is 1.79 bits per heavy atom. The van der Waals surface area contributed by atoms with Crippen LogP contribution >= 0.6 is 35.0 Å². The van der Waals surface area contributed by atoms with Crippen molar-refractivity contribution < 1.29 is 29.0 Å². The zero-order chi connectivity index (χ0) is 27.3. The van der Waals surface area contributed by atoms with Crippen LogP contribution in [-0.2, 0) is 27.4 Å². The minimum Gasteiger partial charge on any atom is -0.489 e. The highest BCUT2D eigenvalue weighted by Crippen LogP contribution is 2.50. The number of rotatable bonds is 9. The van der Waals surface area contributed by atoms with Crippen LogP contribution in [0.1, 0.15) is 43.7 Å². The first-order valence-electron chi connectivity index (χ1n) is 12.5. The van der Waals surface area contributed by atoms with Gasteiger partial charge >= 0.3 is 12.1 Å². The molecule has 2 unspecified atom stereocenters. The largest absolute Gasteiger partial charge is 0.489 e. The molecule has 1 saturated heterocycles. The van der Waals surface area contributed by atoms with Crippen LogP contribution in [-0.4, -0.2) is 57.3 Å². The number of carbonyl (C=O) groups is 3. The molecule has 4 rings (SSSR count). The number of hydrogen-bond donors (Lipinski definition) is 2. The van der Waals surface area contributed by atoms with Crippen LogP contribution in [0.15, 0.2) is 42.5 Å². The maximum Gasteiger partial charge on any atom is 0.411 e. The molecule has 2 atom stereocenters. The van der Waals surface area contributed by atoms with Crippen LogP contribution < -0.4 is 10.1 Å². The van der Waals surface area contributed by atoms with Crippen molar-refractivity contribution in [3.05, 3.63) is 63.6 Å². The number of ether oxygens (including phenoxy) is 2. The van der Waals surface area contributed by atoms with Crippen molar-refractivity contribution in [3.63, 3.8) is 0 Å². The van der Waals surface area contributed by atoms with Crippen molar-refractivity contribution in [2.24, 2.45) is 0 Å². The second kappa shape index (κ2) is 12.5. The third-order valence-electron chi connectivity index (χ3n) is 6.84. The van der Waals surface area contributed by atoms with Gasteiger partial charge in [0.25, 0.3) is 0 Å². The van der Waals surface area contributed by atoms with Crippen LogP contribution in [0.3, 0.4) is 0 Å². The fraction of sp³-hybridized carbons (Fsp3) is 0.444. The molecular formula is C27H30Cl2N2O6S. The SMILES string of the molecule is CCOC(=O)N1C(C(=O)NC(Cc2ccc(OCc3c(Cl)cccc3Cl)cc2)C(=O)O)CSC12CCCC2. The normalized spacial score (nSPS) is 18.8. The minimum absolute atomic E-state index is 0.0715. The van der Waals surface area contributed by atoms with Gasteiger partial charge < -0.3 is 19.9 Å². The Labute approximate surface area is 235 Å². The van der Waals surface area contributed by atoms with Crippen LogP contribution in [0.5, 0.6) is 5.75 Å². The standard InChI is InChI=1S/C27H30Cl2N2O6S/c1-2-36-26(35)31-23(16-38-27(31)12-3-4-13-27)24(32)30-22(25(33)34)14-17-8-10-18(11-9-17)37-15-19-20(28)6-5-7-21(19)29/h5-11,22-23H,2-4,12-16H2,1H3,(H,30,32)(H,33,34). The van der Waals surface area contributed by atoms with Gasteiger partial charge in [0.2, 0.25) is 5.91 Å². The zero-order valence-electron chi connectivity index (χ0n) is 21.0. The average molecular weight is 582 g/mol. The molecule has 11 heteroatoms. The molecule has 1 saturated carbocycles. The number of thioether (sulfide) groups is 1. The third-order valence-corrected chi connectivity index (χ3v) is 9.17. The molecule has 2 N–H and O–H groups in total. The molecule has 2 amide bonds. The molecule has 1 aliphatic carbocycles. The zero-order valence-corrected chi connectivity index (χ0v) is 23.3. The van der Waals surface area contributed by atoms with Crippen molar-refractivity contribution in [2.45, 2.75) is 62.6 Å². The van der Waals surface area contributed by atoms with Gasteiger partial charge in [0, 0.05) is 27.8 Å². The minimum atomic E-state index is -1.16. The van der Waals surface area contributed by atoms with Gasteiger partial charge in [0.15, 0.2) is 0 Å². The van der Waals surface area contributed by atoms with Crippen molar-refractivity contribution >= 4 is 52.9 Å². The Kier molecular flexibility index (Phi) is 9.33. The van der Waals surface area contributed by atoms with E-state index >= 15 is 0 Å². The number of hydrogen-bond acceptors (Lipinski definition) is 6. The highest BCUT2D eigenvalue weighted by Gasteiger charge is 2.54. The number of carbonyl (C=O) groups excluding carboxylic acids is 2. The predicted molar refractivity (Wildman–Crippen MR) is 147 cm³/mol. The molecule has 0 aromatic heterocycles. The Balaban J connectivity index is 1.40. The van der Waals surface area contributed by atoms with E-state index in [4.69, 9.17) is 32.7 Å². The molecule has 1 heterocycles. The molecular weight excluding hydrogens is 551 g/mol. The molecule has 38 heavy (non-hydrogen) atoms. The lowest BCUT2D eigenvalue weighted by atomic mass is 10.0. The van der Waals surface area contributed by atoms with Gasteiger partial charge in [-0.2, -0.15) is 0 Å². The molecule has 2 aliphatic rings. The van der Waals surface area contributed by atoms with E-state index in [1.165, 1.54) is 0 Å². The second-order valence-corrected chi connectivity index (χ2v) is 11.5. The topological polar surface area (TPSA) is 105 Å². The summed E-state index contributed by atoms with van der Waals surface area (Å²) in [5.74, 6) is -0.678. The molecule has 2 aromatic rings. The van der Waals surface area contributed by atoms with E-state index < -0.39 is 34.9 Å². The Morgan fingerprint density at radius 3 is 2.39 bits per heavy atom. The van der Waals surface area contributed by atoms with E-state index in [0.717, 1.165) is 25.7 Å². The number of nitrogens with zero attached hydrogens (tertiary/aromatic N) is 1. The maximum atomic E-state index is 13.3. The molecule has 204 valence electrons. The number of carboxylic acid groups (broad SMARTS) is 1. The summed E-state index contributed by atoms with van der Waals surface area (Å²) in [5.41, 5.74) is 1.38.